The number of hydrogen-bond acceptors (Lipinski definition) is 5. The molecule has 0 saturated carbocycles. The maximum absolute atomic E-state index is 11.5. The number of nitrogens with one attached hydrogen (secondary N) is 1. The first-order valence-electron chi connectivity index (χ1n) is 9.33. The van der Waals surface area contributed by atoms with Crippen LogP contribution < -0.4 is 5.32 Å². The molecule has 2 amide bonds. The van der Waals surface area contributed by atoms with E-state index in [9.17, 15) is 14.4 Å². The van der Waals surface area contributed by atoms with Crippen LogP contribution in [0.15, 0.2) is 37.6 Å². The Morgan fingerprint density at radius 2 is 2.07 bits per heavy atom. The van der Waals surface area contributed by atoms with E-state index in [0.29, 0.717) is 25.1 Å². The van der Waals surface area contributed by atoms with Gasteiger partial charge in [-0.2, -0.15) is 0 Å². The van der Waals surface area contributed by atoms with Crippen LogP contribution in [0, 0.1) is 5.92 Å². The van der Waals surface area contributed by atoms with Gasteiger partial charge in [-0.1, -0.05) is 25.7 Å². The normalized spacial score (nSPS) is 19.1. The van der Waals surface area contributed by atoms with E-state index >= 15 is 0 Å². The van der Waals surface area contributed by atoms with Gasteiger partial charge >= 0.3 is 5.97 Å². The smallest absolute Gasteiger partial charge is 0.333 e. The highest BCUT2D eigenvalue weighted by Crippen LogP contribution is 2.13. The Labute approximate surface area is 161 Å². The number of hydrazine groups is 1. The third kappa shape index (κ3) is 7.68. The molecule has 27 heavy (non-hydrogen) atoms. The molecular formula is C20H31N3O4. The van der Waals surface area contributed by atoms with Crippen molar-refractivity contribution in [2.24, 2.45) is 5.92 Å². The molecule has 7 nitrogen and oxygen atoms in total. The number of nitrogens with zero attached hydrogens (tertiary/aromatic N) is 2. The molecule has 2 saturated heterocycles. The molecule has 0 spiro atoms. The highest BCUT2D eigenvalue weighted by Gasteiger charge is 2.24. The average molecular weight is 377 g/mol. The lowest BCUT2D eigenvalue weighted by Crippen LogP contribution is -2.41. The van der Waals surface area contributed by atoms with E-state index in [1.165, 1.54) is 0 Å². The van der Waals surface area contributed by atoms with Crippen LogP contribution in [0.3, 0.4) is 0 Å². The van der Waals surface area contributed by atoms with E-state index in [2.05, 4.69) is 25.1 Å². The molecule has 2 aliphatic rings. The predicted octanol–water partition coefficient (Wildman–Crippen LogP) is 2.18. The van der Waals surface area contributed by atoms with Gasteiger partial charge in [0.2, 0.25) is 11.8 Å². The van der Waals surface area contributed by atoms with Crippen LogP contribution in [0.2, 0.25) is 0 Å². The van der Waals surface area contributed by atoms with Gasteiger partial charge in [-0.25, -0.2) is 4.79 Å². The largest absolute Gasteiger partial charge is 0.460 e. The summed E-state index contributed by atoms with van der Waals surface area (Å²) in [6.07, 6.45) is 7.93. The number of rotatable bonds is 7. The second-order valence-corrected chi connectivity index (χ2v) is 6.51. The van der Waals surface area contributed by atoms with E-state index in [-0.39, 0.29) is 24.3 Å². The molecule has 0 aromatic heterocycles. The SMILES string of the molecule is C=CC1CCCCNC1=O.C=CN(CCOC(=O)C(=C)C)N1CCCC1=O. The van der Waals surface area contributed by atoms with Crippen LogP contribution in [0.4, 0.5) is 0 Å². The highest BCUT2D eigenvalue weighted by atomic mass is 16.5. The number of carbonyl (C=O) groups excluding carboxylic acids is 3. The zero-order chi connectivity index (χ0) is 20.2. The molecule has 0 aromatic rings. The number of ether oxygens (including phenoxy) is 1. The van der Waals surface area contributed by atoms with Crippen molar-refractivity contribution >= 4 is 17.8 Å². The lowest BCUT2D eigenvalue weighted by molar-refractivity contribution is -0.143. The fourth-order valence-electron chi connectivity index (χ4n) is 2.76. The first-order chi connectivity index (χ1) is 12.9. The summed E-state index contributed by atoms with van der Waals surface area (Å²) in [7, 11) is 0. The topological polar surface area (TPSA) is 79.0 Å². The predicted molar refractivity (Wildman–Crippen MR) is 104 cm³/mol. The molecule has 2 heterocycles. The van der Waals surface area contributed by atoms with Gasteiger partial charge in [-0.15, -0.1) is 6.58 Å². The summed E-state index contributed by atoms with van der Waals surface area (Å²) >= 11 is 0. The van der Waals surface area contributed by atoms with Crippen LogP contribution >= 0.6 is 0 Å². The minimum absolute atomic E-state index is 0.0579. The first-order valence-corrected chi connectivity index (χ1v) is 9.33. The fourth-order valence-corrected chi connectivity index (χ4v) is 2.76. The summed E-state index contributed by atoms with van der Waals surface area (Å²) in [5.74, 6) is -0.132. The zero-order valence-corrected chi connectivity index (χ0v) is 16.2. The quantitative estimate of drug-likeness (QED) is 0.418. The second-order valence-electron chi connectivity index (χ2n) is 6.51. The van der Waals surface area contributed by atoms with Crippen molar-refractivity contribution in [3.05, 3.63) is 37.6 Å². The maximum Gasteiger partial charge on any atom is 0.333 e. The molecule has 1 unspecified atom stereocenters. The lowest BCUT2D eigenvalue weighted by atomic mass is 10.0. The van der Waals surface area contributed by atoms with Gasteiger partial charge in [-0.05, 0) is 26.2 Å². The Bertz CT molecular complexity index is 574. The Morgan fingerprint density at radius 1 is 1.33 bits per heavy atom. The molecule has 2 rings (SSSR count). The fraction of sp³-hybridized carbons (Fsp3) is 0.550. The highest BCUT2D eigenvalue weighted by molar-refractivity contribution is 5.86. The van der Waals surface area contributed by atoms with Gasteiger partial charge in [-0.3, -0.25) is 19.6 Å². The van der Waals surface area contributed by atoms with Crippen LogP contribution in [0.5, 0.6) is 0 Å². The summed E-state index contributed by atoms with van der Waals surface area (Å²) in [5.41, 5.74) is 0.368. The van der Waals surface area contributed by atoms with Gasteiger partial charge in [0.05, 0.1) is 12.5 Å². The van der Waals surface area contributed by atoms with Crippen molar-refractivity contribution in [2.45, 2.75) is 39.0 Å². The summed E-state index contributed by atoms with van der Waals surface area (Å²) in [5, 5.41) is 6.14. The van der Waals surface area contributed by atoms with Crippen LogP contribution in [0.1, 0.15) is 39.0 Å². The standard InChI is InChI=1S/C12H18N2O3.C8H13NO/c1-4-13(14-7-5-6-11(14)15)8-9-17-12(16)10(2)3;1-2-7-5-3-4-6-9-8(7)10/h4H,1-2,5-9H2,3H3;2,7H,1,3-6H2,(H,9,10). The molecule has 2 aliphatic heterocycles. The van der Waals surface area contributed by atoms with Gasteiger partial charge in [0, 0.05) is 31.3 Å². The number of hydrogen-bond donors (Lipinski definition) is 1. The third-order valence-electron chi connectivity index (χ3n) is 4.33. The maximum atomic E-state index is 11.5. The minimum atomic E-state index is -0.415. The molecule has 0 bridgehead atoms. The molecule has 2 fully saturated rings. The van der Waals surface area contributed by atoms with E-state index in [1.807, 2.05) is 0 Å². The van der Waals surface area contributed by atoms with Crippen LogP contribution in [-0.4, -0.2) is 54.0 Å². The molecule has 1 atom stereocenters. The Hall–Kier alpha value is -2.57. The monoisotopic (exact) mass is 377 g/mol. The molecule has 0 aliphatic carbocycles. The van der Waals surface area contributed by atoms with Crippen LogP contribution in [0.25, 0.3) is 0 Å². The summed E-state index contributed by atoms with van der Waals surface area (Å²) in [6.45, 7) is 14.5. The van der Waals surface area contributed by atoms with Gasteiger partial charge in [0.25, 0.3) is 0 Å². The summed E-state index contributed by atoms with van der Waals surface area (Å²) in [6, 6.07) is 0. The average Bonchev–Trinajstić information content (AvgIpc) is 2.95. The summed E-state index contributed by atoms with van der Waals surface area (Å²) < 4.78 is 4.96. The first kappa shape index (κ1) is 22.5. The number of amides is 2. The third-order valence-corrected chi connectivity index (χ3v) is 4.33. The van der Waals surface area contributed by atoms with Crippen molar-refractivity contribution in [1.29, 1.82) is 0 Å². The number of esters is 1. The Morgan fingerprint density at radius 3 is 2.63 bits per heavy atom. The van der Waals surface area contributed by atoms with Gasteiger partial charge in [0.1, 0.15) is 6.61 Å². The van der Waals surface area contributed by atoms with Crippen LogP contribution in [-0.2, 0) is 19.1 Å². The summed E-state index contributed by atoms with van der Waals surface area (Å²) in [4.78, 5) is 33.7. The molecule has 7 heteroatoms. The zero-order valence-electron chi connectivity index (χ0n) is 16.2. The molecule has 0 radical (unpaired) electrons. The van der Waals surface area contributed by atoms with Crippen molar-refractivity contribution in [2.75, 3.05) is 26.2 Å². The number of carbonyl (C=O) groups is 3. The lowest BCUT2D eigenvalue weighted by Gasteiger charge is -2.29. The molecular weight excluding hydrogens is 346 g/mol. The van der Waals surface area contributed by atoms with Crippen molar-refractivity contribution < 1.29 is 19.1 Å². The van der Waals surface area contributed by atoms with Crippen molar-refractivity contribution in [1.82, 2.24) is 15.3 Å². The van der Waals surface area contributed by atoms with E-state index in [0.717, 1.165) is 32.2 Å². The van der Waals surface area contributed by atoms with Crippen molar-refractivity contribution in [3.8, 4) is 0 Å². The Balaban J connectivity index is 0.000000309. The van der Waals surface area contributed by atoms with Gasteiger partial charge < -0.3 is 10.1 Å². The minimum Gasteiger partial charge on any atom is -0.460 e. The van der Waals surface area contributed by atoms with Gasteiger partial charge in [0.15, 0.2) is 0 Å². The van der Waals surface area contributed by atoms with E-state index < -0.39 is 5.97 Å². The molecule has 150 valence electrons. The van der Waals surface area contributed by atoms with Crippen molar-refractivity contribution in [3.63, 3.8) is 0 Å². The molecule has 1 N–H and O–H groups in total. The van der Waals surface area contributed by atoms with E-state index in [1.54, 1.807) is 29.2 Å². The van der Waals surface area contributed by atoms with E-state index in [4.69, 9.17) is 4.74 Å². The Kier molecular flexibility index (Phi) is 9.93. The second kappa shape index (κ2) is 11.9. The molecule has 0 aromatic carbocycles.